The Morgan fingerprint density at radius 1 is 0.535 bits per heavy atom. The minimum Gasteiger partial charge on any atom is -0.459 e. The van der Waals surface area contributed by atoms with Gasteiger partial charge in [0, 0.05) is 6.42 Å². The molecule has 0 aliphatic rings. The van der Waals surface area contributed by atoms with Crippen LogP contribution in [0.5, 0.6) is 0 Å². The number of alkyl halides is 15. The van der Waals surface area contributed by atoms with E-state index in [1.165, 1.54) is 6.42 Å². The first-order valence-electron chi connectivity index (χ1n) is 13.2. The number of esters is 1. The minimum absolute atomic E-state index is 0.0631. The summed E-state index contributed by atoms with van der Waals surface area (Å²) in [6.45, 7) is -0.984. The Balaban J connectivity index is 4.79. The van der Waals surface area contributed by atoms with Crippen LogP contribution in [-0.4, -0.2) is 54.3 Å². The van der Waals surface area contributed by atoms with Gasteiger partial charge in [-0.15, -0.1) is 0 Å². The predicted octanol–water partition coefficient (Wildman–Crippen LogP) is 10.7. The van der Waals surface area contributed by atoms with Crippen LogP contribution in [-0.2, 0) is 9.53 Å². The summed E-state index contributed by atoms with van der Waals surface area (Å²) in [7, 11) is 0. The van der Waals surface area contributed by atoms with Gasteiger partial charge in [-0.2, -0.15) is 65.9 Å². The summed E-state index contributed by atoms with van der Waals surface area (Å²) in [5.41, 5.74) is 0. The smallest absolute Gasteiger partial charge is 0.459 e. The maximum absolute atomic E-state index is 13.7. The minimum atomic E-state index is -8.36. The molecule has 0 rings (SSSR count). The largest absolute Gasteiger partial charge is 0.460 e. The maximum atomic E-state index is 13.7. The first kappa shape index (κ1) is 40.9. The zero-order valence-electron chi connectivity index (χ0n) is 23.0. The van der Waals surface area contributed by atoms with E-state index in [1.807, 2.05) is 18.2 Å². The summed E-state index contributed by atoms with van der Waals surface area (Å²) in [5.74, 6) is -48.9. The lowest BCUT2D eigenvalue weighted by Gasteiger charge is -2.41. The van der Waals surface area contributed by atoms with E-state index in [0.29, 0.717) is 19.3 Å². The van der Waals surface area contributed by atoms with Gasteiger partial charge < -0.3 is 4.74 Å². The molecule has 0 aliphatic carbocycles. The normalized spacial score (nSPS) is 14.7. The highest BCUT2D eigenvalue weighted by Gasteiger charge is 2.93. The molecule has 0 saturated carbocycles. The maximum Gasteiger partial charge on any atom is 0.460 e. The lowest BCUT2D eigenvalue weighted by molar-refractivity contribution is -0.453. The molecule has 0 N–H and O–H groups in total. The van der Waals surface area contributed by atoms with Crippen LogP contribution < -0.4 is 0 Å². The molecule has 0 aromatic carbocycles. The summed E-state index contributed by atoms with van der Waals surface area (Å²) in [4.78, 5) is 11.5. The Labute approximate surface area is 238 Å². The predicted molar refractivity (Wildman–Crippen MR) is 126 cm³/mol. The number of rotatable bonds is 21. The average Bonchev–Trinajstić information content (AvgIpc) is 2.88. The Kier molecular flexibility index (Phi) is 15.5. The summed E-state index contributed by atoms with van der Waals surface area (Å²) < 4.78 is 201. The summed E-state index contributed by atoms with van der Waals surface area (Å²) in [6, 6.07) is 0. The van der Waals surface area contributed by atoms with Crippen molar-refractivity contribution >= 4 is 5.97 Å². The zero-order chi connectivity index (χ0) is 33.8. The number of hydrogen-bond acceptors (Lipinski definition) is 2. The van der Waals surface area contributed by atoms with Crippen molar-refractivity contribution < 1.29 is 75.4 Å². The second-order valence-electron chi connectivity index (χ2n) is 9.72. The fraction of sp³-hybridized carbons (Fsp3) is 0.808. The van der Waals surface area contributed by atoms with Crippen molar-refractivity contribution in [1.29, 1.82) is 0 Å². The number of halogens is 15. The first-order valence-corrected chi connectivity index (χ1v) is 13.2. The van der Waals surface area contributed by atoms with Crippen LogP contribution in [0, 0.1) is 0 Å². The van der Waals surface area contributed by atoms with Gasteiger partial charge in [-0.3, -0.25) is 4.79 Å². The molecule has 0 spiro atoms. The van der Waals surface area contributed by atoms with E-state index in [4.69, 9.17) is 0 Å². The van der Waals surface area contributed by atoms with Crippen LogP contribution in [0.1, 0.15) is 84.0 Å². The van der Waals surface area contributed by atoms with Crippen LogP contribution in [0.25, 0.3) is 0 Å². The topological polar surface area (TPSA) is 26.3 Å². The highest BCUT2D eigenvalue weighted by atomic mass is 19.4. The number of hydrogen-bond donors (Lipinski definition) is 0. The number of carbonyl (C=O) groups excluding carboxylic acids is 1. The SMILES string of the molecule is CCCCC/C=C\C/C=C\CCCCCCCC(=O)OCC(F)(F)C(F)(F)C(F)(F)C(F)(F)C(F)(F)C(F)(F)C(F)(F)F. The molecule has 17 heteroatoms. The van der Waals surface area contributed by atoms with Crippen LogP contribution in [0.4, 0.5) is 65.9 Å². The highest BCUT2D eigenvalue weighted by molar-refractivity contribution is 5.69. The molecular formula is C26H33F15O2. The van der Waals surface area contributed by atoms with Crippen molar-refractivity contribution in [2.75, 3.05) is 6.61 Å². The van der Waals surface area contributed by atoms with Gasteiger partial charge in [0.1, 0.15) is 0 Å². The molecule has 0 fully saturated rings. The molecule has 0 amide bonds. The molecule has 0 aromatic heterocycles. The molecule has 254 valence electrons. The lowest BCUT2D eigenvalue weighted by Crippen LogP contribution is -2.73. The van der Waals surface area contributed by atoms with E-state index < -0.39 is 60.7 Å². The third kappa shape index (κ3) is 10.2. The van der Waals surface area contributed by atoms with Crippen molar-refractivity contribution in [2.24, 2.45) is 0 Å². The molecular weight excluding hydrogens is 629 g/mol. The fourth-order valence-corrected chi connectivity index (χ4v) is 3.41. The zero-order valence-corrected chi connectivity index (χ0v) is 23.0. The average molecular weight is 663 g/mol. The molecule has 0 aliphatic heterocycles. The number of allylic oxidation sites excluding steroid dienone is 4. The van der Waals surface area contributed by atoms with Crippen LogP contribution >= 0.6 is 0 Å². The van der Waals surface area contributed by atoms with Crippen molar-refractivity contribution in [3.63, 3.8) is 0 Å². The molecule has 0 heterocycles. The Morgan fingerprint density at radius 3 is 1.44 bits per heavy atom. The van der Waals surface area contributed by atoms with Gasteiger partial charge in [-0.25, -0.2) is 0 Å². The molecule has 0 unspecified atom stereocenters. The number of carbonyl (C=O) groups is 1. The van der Waals surface area contributed by atoms with Crippen LogP contribution in [0.15, 0.2) is 24.3 Å². The van der Waals surface area contributed by atoms with E-state index in [2.05, 4.69) is 17.7 Å². The van der Waals surface area contributed by atoms with E-state index in [9.17, 15) is 70.7 Å². The van der Waals surface area contributed by atoms with E-state index >= 15 is 0 Å². The van der Waals surface area contributed by atoms with Gasteiger partial charge in [0.2, 0.25) is 0 Å². The third-order valence-corrected chi connectivity index (χ3v) is 6.14. The molecule has 2 nitrogen and oxygen atoms in total. The molecule has 43 heavy (non-hydrogen) atoms. The van der Waals surface area contributed by atoms with Crippen LogP contribution in [0.3, 0.4) is 0 Å². The number of ether oxygens (including phenoxy) is 1. The summed E-state index contributed by atoms with van der Waals surface area (Å²) in [6.07, 6.45) is 7.87. The van der Waals surface area contributed by atoms with Gasteiger partial charge in [-0.05, 0) is 38.5 Å². The molecule has 0 aromatic rings. The van der Waals surface area contributed by atoms with E-state index in [0.717, 1.165) is 38.5 Å². The van der Waals surface area contributed by atoms with Crippen molar-refractivity contribution in [1.82, 2.24) is 0 Å². The van der Waals surface area contributed by atoms with Gasteiger partial charge in [-0.1, -0.05) is 63.3 Å². The second kappa shape index (κ2) is 16.3. The lowest BCUT2D eigenvalue weighted by atomic mass is 9.91. The fourth-order valence-electron chi connectivity index (χ4n) is 3.41. The second-order valence-corrected chi connectivity index (χ2v) is 9.72. The van der Waals surface area contributed by atoms with Crippen molar-refractivity contribution in [2.45, 2.75) is 126 Å². The van der Waals surface area contributed by atoms with Crippen LogP contribution in [0.2, 0.25) is 0 Å². The molecule has 0 radical (unpaired) electrons. The van der Waals surface area contributed by atoms with Gasteiger partial charge in [0.15, 0.2) is 6.61 Å². The van der Waals surface area contributed by atoms with E-state index in [1.54, 1.807) is 0 Å². The molecule has 0 atom stereocenters. The Bertz CT molecular complexity index is 893. The Hall–Kier alpha value is -2.10. The summed E-state index contributed by atoms with van der Waals surface area (Å²) in [5, 5.41) is 0. The Morgan fingerprint density at radius 2 is 0.953 bits per heavy atom. The molecule has 0 bridgehead atoms. The van der Waals surface area contributed by atoms with E-state index in [-0.39, 0.29) is 6.42 Å². The standard InChI is InChI=1S/C26H33F15O2/c1-2-3-4-5-6-7-8-9-10-11-12-13-14-15-16-17-19(42)43-18-20(27,28)21(29,30)22(31,32)23(33,34)24(35,36)25(37,38)26(39,40)41/h6-7,9-10H,2-5,8,11-18H2,1H3/b7-6-,10-9-. The van der Waals surface area contributed by atoms with Crippen molar-refractivity contribution in [3.05, 3.63) is 24.3 Å². The first-order chi connectivity index (χ1) is 19.5. The summed E-state index contributed by atoms with van der Waals surface area (Å²) >= 11 is 0. The quantitative estimate of drug-likeness (QED) is 0.0529. The molecule has 0 saturated heterocycles. The third-order valence-electron chi connectivity index (χ3n) is 6.14. The number of unbranched alkanes of at least 4 members (excludes halogenated alkanes) is 8. The van der Waals surface area contributed by atoms with Gasteiger partial charge in [0.05, 0.1) is 0 Å². The highest BCUT2D eigenvalue weighted by Crippen LogP contribution is 2.62. The van der Waals surface area contributed by atoms with Gasteiger partial charge in [0.25, 0.3) is 0 Å². The van der Waals surface area contributed by atoms with Crippen molar-refractivity contribution in [3.8, 4) is 0 Å². The monoisotopic (exact) mass is 662 g/mol. The van der Waals surface area contributed by atoms with Gasteiger partial charge >= 0.3 is 47.7 Å².